The van der Waals surface area contributed by atoms with Crippen molar-refractivity contribution in [3.8, 4) is 5.75 Å². The number of hydrogen-bond donors (Lipinski definition) is 2. The summed E-state index contributed by atoms with van der Waals surface area (Å²) in [5.74, 6) is -0.552. The molecule has 2 amide bonds. The van der Waals surface area contributed by atoms with Gasteiger partial charge in [0.25, 0.3) is 0 Å². The Bertz CT molecular complexity index is 1300. The Balaban J connectivity index is 1.59. The van der Waals surface area contributed by atoms with Gasteiger partial charge in [0.15, 0.2) is 0 Å². The number of para-hydroxylation sites is 3. The molecule has 0 radical (unpaired) electrons. The molecule has 0 unspecified atom stereocenters. The summed E-state index contributed by atoms with van der Waals surface area (Å²) in [5, 5.41) is 2.67. The minimum Gasteiger partial charge on any atom is -0.486 e. The molecule has 0 bridgehead atoms. The van der Waals surface area contributed by atoms with Crippen molar-refractivity contribution in [1.82, 2.24) is 9.55 Å². The average molecular weight is 432 g/mol. The van der Waals surface area contributed by atoms with E-state index in [0.717, 1.165) is 17.1 Å². The predicted octanol–water partition coefficient (Wildman–Crippen LogP) is 3.80. The number of nitrogens with two attached hydrogens (primary N) is 1. The highest BCUT2D eigenvalue weighted by Crippen LogP contribution is 2.22. The lowest BCUT2D eigenvalue weighted by Gasteiger charge is -2.13. The zero-order chi connectivity index (χ0) is 22.7. The van der Waals surface area contributed by atoms with Crippen LogP contribution in [-0.2, 0) is 17.9 Å². The van der Waals surface area contributed by atoms with Crippen LogP contribution in [0.4, 0.5) is 10.1 Å². The van der Waals surface area contributed by atoms with Gasteiger partial charge in [-0.15, -0.1) is 0 Å². The third-order valence-electron chi connectivity index (χ3n) is 5.05. The molecule has 3 aromatic carbocycles. The summed E-state index contributed by atoms with van der Waals surface area (Å²) >= 11 is 0. The lowest BCUT2D eigenvalue weighted by molar-refractivity contribution is -0.116. The van der Waals surface area contributed by atoms with Crippen molar-refractivity contribution in [1.29, 1.82) is 0 Å². The van der Waals surface area contributed by atoms with E-state index in [1.54, 1.807) is 4.57 Å². The van der Waals surface area contributed by atoms with E-state index < -0.39 is 17.6 Å². The molecule has 1 heterocycles. The van der Waals surface area contributed by atoms with Crippen LogP contribution in [0, 0.1) is 12.7 Å². The van der Waals surface area contributed by atoms with Crippen LogP contribution in [0.5, 0.6) is 5.75 Å². The average Bonchev–Trinajstić information content (AvgIpc) is 3.13. The van der Waals surface area contributed by atoms with E-state index in [1.165, 1.54) is 13.0 Å². The van der Waals surface area contributed by atoms with E-state index in [9.17, 15) is 14.0 Å². The van der Waals surface area contributed by atoms with Gasteiger partial charge >= 0.3 is 0 Å². The van der Waals surface area contributed by atoms with Gasteiger partial charge in [-0.05, 0) is 43.3 Å². The first-order valence-corrected chi connectivity index (χ1v) is 9.94. The maximum Gasteiger partial charge on any atom is 0.248 e. The van der Waals surface area contributed by atoms with Crippen LogP contribution in [0.3, 0.4) is 0 Å². The Kier molecular flexibility index (Phi) is 5.85. The number of amides is 2. The van der Waals surface area contributed by atoms with Crippen molar-refractivity contribution in [2.24, 2.45) is 5.73 Å². The molecule has 8 heteroatoms. The molecule has 3 N–H and O–H groups in total. The van der Waals surface area contributed by atoms with Crippen molar-refractivity contribution >= 4 is 28.5 Å². The molecule has 0 saturated heterocycles. The second-order valence-corrected chi connectivity index (χ2v) is 7.25. The molecule has 4 rings (SSSR count). The number of hydrogen-bond acceptors (Lipinski definition) is 4. The molecule has 0 aliphatic carbocycles. The highest BCUT2D eigenvalue weighted by Gasteiger charge is 2.17. The summed E-state index contributed by atoms with van der Waals surface area (Å²) in [4.78, 5) is 28.9. The normalized spacial score (nSPS) is 10.8. The van der Waals surface area contributed by atoms with Gasteiger partial charge in [-0.25, -0.2) is 9.37 Å². The molecule has 0 fully saturated rings. The Hall–Kier alpha value is -4.20. The molecule has 0 aliphatic rings. The standard InChI is InChI=1S/C24H21FN4O3/c1-15-18(25)11-16(24(26)31)12-20(15)28-23(30)13-29-21-10-6-5-9-19(21)27-22(29)14-32-17-7-3-2-4-8-17/h2-12H,13-14H2,1H3,(H2,26,31)(H,28,30). The Morgan fingerprint density at radius 2 is 1.81 bits per heavy atom. The van der Waals surface area contributed by atoms with Gasteiger partial charge in [-0.2, -0.15) is 0 Å². The number of carbonyl (C=O) groups is 2. The number of nitrogens with one attached hydrogen (secondary N) is 1. The van der Waals surface area contributed by atoms with Crippen LogP contribution in [0.15, 0.2) is 66.7 Å². The van der Waals surface area contributed by atoms with E-state index >= 15 is 0 Å². The molecule has 0 spiro atoms. The van der Waals surface area contributed by atoms with Crippen LogP contribution in [0.25, 0.3) is 11.0 Å². The minimum absolute atomic E-state index is 0.0200. The van der Waals surface area contributed by atoms with Gasteiger partial charge < -0.3 is 20.4 Å². The molecule has 4 aromatic rings. The van der Waals surface area contributed by atoms with Crippen molar-refractivity contribution in [3.63, 3.8) is 0 Å². The van der Waals surface area contributed by atoms with Crippen LogP contribution >= 0.6 is 0 Å². The first kappa shape index (κ1) is 21.0. The fourth-order valence-corrected chi connectivity index (χ4v) is 3.36. The smallest absolute Gasteiger partial charge is 0.248 e. The van der Waals surface area contributed by atoms with Crippen molar-refractivity contribution in [3.05, 3.63) is 89.5 Å². The fraction of sp³-hybridized carbons (Fsp3) is 0.125. The summed E-state index contributed by atoms with van der Waals surface area (Å²) in [6, 6.07) is 19.2. The number of carbonyl (C=O) groups excluding carboxylic acids is 2. The first-order chi connectivity index (χ1) is 15.4. The summed E-state index contributed by atoms with van der Waals surface area (Å²) in [6.07, 6.45) is 0. The zero-order valence-corrected chi connectivity index (χ0v) is 17.3. The number of anilines is 1. The highest BCUT2D eigenvalue weighted by molar-refractivity contribution is 5.97. The zero-order valence-electron chi connectivity index (χ0n) is 17.3. The Morgan fingerprint density at radius 1 is 1.09 bits per heavy atom. The van der Waals surface area contributed by atoms with E-state index in [4.69, 9.17) is 10.5 Å². The number of ether oxygens (including phenoxy) is 1. The quantitative estimate of drug-likeness (QED) is 0.464. The summed E-state index contributed by atoms with van der Waals surface area (Å²) in [5.41, 5.74) is 7.14. The van der Waals surface area contributed by atoms with E-state index in [-0.39, 0.29) is 30.0 Å². The molecule has 0 aliphatic heterocycles. The summed E-state index contributed by atoms with van der Waals surface area (Å²) in [7, 11) is 0. The summed E-state index contributed by atoms with van der Waals surface area (Å²) in [6.45, 7) is 1.61. The maximum atomic E-state index is 14.2. The molecule has 7 nitrogen and oxygen atoms in total. The van der Waals surface area contributed by atoms with Crippen LogP contribution in [0.2, 0.25) is 0 Å². The Morgan fingerprint density at radius 3 is 2.56 bits per heavy atom. The van der Waals surface area contributed by atoms with Gasteiger partial charge in [0, 0.05) is 16.8 Å². The van der Waals surface area contributed by atoms with Crippen LogP contribution in [0.1, 0.15) is 21.7 Å². The van der Waals surface area contributed by atoms with Gasteiger partial charge in [0.05, 0.1) is 11.0 Å². The van der Waals surface area contributed by atoms with E-state index in [1.807, 2.05) is 54.6 Å². The predicted molar refractivity (Wildman–Crippen MR) is 119 cm³/mol. The number of imidazole rings is 1. The van der Waals surface area contributed by atoms with E-state index in [2.05, 4.69) is 10.3 Å². The van der Waals surface area contributed by atoms with Gasteiger partial charge in [0.1, 0.15) is 30.5 Å². The number of aromatic nitrogens is 2. The first-order valence-electron chi connectivity index (χ1n) is 9.94. The molecule has 0 saturated carbocycles. The monoisotopic (exact) mass is 432 g/mol. The van der Waals surface area contributed by atoms with Gasteiger partial charge in [-0.1, -0.05) is 30.3 Å². The minimum atomic E-state index is -0.777. The van der Waals surface area contributed by atoms with Crippen LogP contribution < -0.4 is 15.8 Å². The topological polar surface area (TPSA) is 99.2 Å². The molecule has 162 valence electrons. The number of rotatable bonds is 7. The van der Waals surface area contributed by atoms with Gasteiger partial charge in [-0.3, -0.25) is 9.59 Å². The third kappa shape index (κ3) is 4.44. The van der Waals surface area contributed by atoms with Crippen molar-refractivity contribution < 1.29 is 18.7 Å². The Labute approximate surface area is 183 Å². The number of nitrogens with zero attached hydrogens (tertiary/aromatic N) is 2. The third-order valence-corrected chi connectivity index (χ3v) is 5.05. The molecular weight excluding hydrogens is 411 g/mol. The van der Waals surface area contributed by atoms with Crippen molar-refractivity contribution in [2.45, 2.75) is 20.1 Å². The second-order valence-electron chi connectivity index (χ2n) is 7.25. The number of primary amides is 1. The highest BCUT2D eigenvalue weighted by atomic mass is 19.1. The molecule has 32 heavy (non-hydrogen) atoms. The fourth-order valence-electron chi connectivity index (χ4n) is 3.36. The van der Waals surface area contributed by atoms with Crippen LogP contribution in [-0.4, -0.2) is 21.4 Å². The molecule has 1 aromatic heterocycles. The SMILES string of the molecule is Cc1c(F)cc(C(N)=O)cc1NC(=O)Cn1c(COc2ccccc2)nc2ccccc21. The lowest BCUT2D eigenvalue weighted by atomic mass is 10.1. The molecule has 0 atom stereocenters. The summed E-state index contributed by atoms with van der Waals surface area (Å²) < 4.78 is 21.7. The molecular formula is C24H21FN4O3. The maximum absolute atomic E-state index is 14.2. The largest absolute Gasteiger partial charge is 0.486 e. The van der Waals surface area contributed by atoms with Crippen molar-refractivity contribution in [2.75, 3.05) is 5.32 Å². The number of fused-ring (bicyclic) bond motifs is 1. The lowest BCUT2D eigenvalue weighted by Crippen LogP contribution is -2.22. The van der Waals surface area contributed by atoms with E-state index in [0.29, 0.717) is 11.6 Å². The van der Waals surface area contributed by atoms with Gasteiger partial charge in [0.2, 0.25) is 11.8 Å². The number of halogens is 1. The number of benzene rings is 3. The second kappa shape index (κ2) is 8.89.